The van der Waals surface area contributed by atoms with Gasteiger partial charge in [-0.25, -0.2) is 0 Å². The molecule has 1 radical (unpaired) electrons. The van der Waals surface area contributed by atoms with E-state index in [0.29, 0.717) is 5.41 Å². The van der Waals surface area contributed by atoms with Gasteiger partial charge < -0.3 is 9.40 Å². The van der Waals surface area contributed by atoms with Gasteiger partial charge in [-0.05, 0) is 58.7 Å². The fraction of sp³-hybridized carbons (Fsp3) is 0.320. The average Bonchev–Trinajstić information content (AvgIpc) is 3.84. The SMILES string of the molecule is CC(C)(C)Cc1cc(-c2[c-]cccc2)nc[c]1[Ge]([CH3])([CH3])[CH3].CC(C)(c1ccnc(-c2[c-]cc3oc4cc(-c5ccccc5)ccc4c3c2)c1)C1CCCC1.[Ir]. The predicted octanol–water partition coefficient (Wildman–Crippen LogP) is 13.3. The Balaban J connectivity index is 0.000000204. The maximum absolute atomic E-state index is 6.20. The van der Waals surface area contributed by atoms with Crippen LogP contribution >= 0.6 is 0 Å². The van der Waals surface area contributed by atoms with E-state index in [9.17, 15) is 0 Å². The van der Waals surface area contributed by atoms with Crippen molar-refractivity contribution in [2.75, 3.05) is 0 Å². The molecular formula is C50H54GeIrN2O-2. The monoisotopic (exact) mass is 965 g/mol. The Hall–Kier alpha value is -3.83. The molecule has 1 fully saturated rings. The average molecular weight is 964 g/mol. The van der Waals surface area contributed by atoms with Crippen LogP contribution in [0.5, 0.6) is 0 Å². The van der Waals surface area contributed by atoms with Gasteiger partial charge in [0, 0.05) is 31.7 Å². The summed E-state index contributed by atoms with van der Waals surface area (Å²) in [6.07, 6.45) is 10.6. The Bertz CT molecular complexity index is 2360. The van der Waals surface area contributed by atoms with Crippen LogP contribution in [-0.2, 0) is 31.9 Å². The molecule has 3 nitrogen and oxygen atoms in total. The normalized spacial score (nSPS) is 13.7. The van der Waals surface area contributed by atoms with Gasteiger partial charge in [0.1, 0.15) is 5.58 Å². The van der Waals surface area contributed by atoms with Crippen LogP contribution in [-0.4, -0.2) is 23.2 Å². The topological polar surface area (TPSA) is 38.9 Å². The second-order valence-corrected chi connectivity index (χ2v) is 28.5. The molecule has 1 saturated carbocycles. The summed E-state index contributed by atoms with van der Waals surface area (Å²) >= 11 is -1.90. The minimum Gasteiger partial charge on any atom is -0.500 e. The minimum absolute atomic E-state index is 0. The summed E-state index contributed by atoms with van der Waals surface area (Å²) in [7, 11) is 0. The molecule has 7 aromatic rings. The quantitative estimate of drug-likeness (QED) is 0.118. The molecule has 0 atom stereocenters. The van der Waals surface area contributed by atoms with E-state index >= 15 is 0 Å². The summed E-state index contributed by atoms with van der Waals surface area (Å²) < 4.78 is 7.73. The van der Waals surface area contributed by atoms with E-state index in [2.05, 4.69) is 143 Å². The van der Waals surface area contributed by atoms with Crippen molar-refractivity contribution in [1.29, 1.82) is 0 Å². The van der Waals surface area contributed by atoms with Crippen molar-refractivity contribution in [3.8, 4) is 33.6 Å². The number of hydrogen-bond acceptors (Lipinski definition) is 3. The predicted molar refractivity (Wildman–Crippen MR) is 231 cm³/mol. The van der Waals surface area contributed by atoms with Gasteiger partial charge in [0.15, 0.2) is 0 Å². The second-order valence-electron chi connectivity index (χ2n) is 17.9. The van der Waals surface area contributed by atoms with E-state index in [1.165, 1.54) is 46.8 Å². The molecule has 285 valence electrons. The number of fused-ring (bicyclic) bond motifs is 3. The summed E-state index contributed by atoms with van der Waals surface area (Å²) in [5, 5.41) is 2.24. The third-order valence-electron chi connectivity index (χ3n) is 11.2. The van der Waals surface area contributed by atoms with Gasteiger partial charge in [-0.3, -0.25) is 0 Å². The van der Waals surface area contributed by atoms with E-state index < -0.39 is 13.3 Å². The first kappa shape index (κ1) is 40.8. The first-order valence-electron chi connectivity index (χ1n) is 19.6. The van der Waals surface area contributed by atoms with Gasteiger partial charge in [-0.15, -0.1) is 23.8 Å². The number of hydrogen-bond donors (Lipinski definition) is 0. The molecular weight excluding hydrogens is 909 g/mol. The molecule has 0 saturated heterocycles. The maximum Gasteiger partial charge on any atom is 0.121 e. The van der Waals surface area contributed by atoms with Crippen molar-refractivity contribution in [2.45, 2.75) is 89.4 Å². The fourth-order valence-corrected chi connectivity index (χ4v) is 11.4. The first-order valence-corrected chi connectivity index (χ1v) is 27.0. The van der Waals surface area contributed by atoms with Gasteiger partial charge in [0.2, 0.25) is 0 Å². The first-order chi connectivity index (χ1) is 25.8. The standard InChI is InChI=1S/C31H28NO.C19H26GeN.Ir/c1-31(2,24-10-6-7-11-24)25-16-17-32-28(20-25)23-13-15-29-27(18-23)26-14-12-22(19-30(26)33-29)21-8-4-3-5-9-21;1-19(2,3)13-16-12-18(15-10-8-7-9-11-15)21-14-17(16)20(4,5)6;/h3-5,8-9,12,14-20,24H,6-7,10-11H2,1-2H3;7-10,12,14H,13H2,1-6H3;/q2*-1;. The molecule has 0 spiro atoms. The zero-order valence-corrected chi connectivity index (χ0v) is 38.2. The van der Waals surface area contributed by atoms with Crippen LogP contribution < -0.4 is 4.40 Å². The Kier molecular flexibility index (Phi) is 12.4. The second kappa shape index (κ2) is 16.7. The number of rotatable bonds is 7. The van der Waals surface area contributed by atoms with Gasteiger partial charge in [-0.2, -0.15) is 0 Å². The van der Waals surface area contributed by atoms with Gasteiger partial charge in [0.25, 0.3) is 0 Å². The molecule has 0 unspecified atom stereocenters. The maximum atomic E-state index is 6.20. The van der Waals surface area contributed by atoms with Crippen LogP contribution in [0.1, 0.15) is 71.4 Å². The molecule has 3 aromatic heterocycles. The summed E-state index contributed by atoms with van der Waals surface area (Å²) in [5.41, 5.74) is 11.6. The van der Waals surface area contributed by atoms with E-state index in [1.807, 2.05) is 36.5 Å². The van der Waals surface area contributed by atoms with Crippen molar-refractivity contribution in [1.82, 2.24) is 9.97 Å². The molecule has 0 amide bonds. The fourth-order valence-electron chi connectivity index (χ4n) is 8.13. The van der Waals surface area contributed by atoms with Crippen molar-refractivity contribution in [3.05, 3.63) is 139 Å². The van der Waals surface area contributed by atoms with Crippen molar-refractivity contribution >= 4 is 39.6 Å². The van der Waals surface area contributed by atoms with Gasteiger partial charge in [0.05, 0.1) is 5.58 Å². The van der Waals surface area contributed by atoms with Gasteiger partial charge in [-0.1, -0.05) is 80.6 Å². The Morgan fingerprint density at radius 1 is 0.709 bits per heavy atom. The number of aromatic nitrogens is 2. The molecule has 4 aromatic carbocycles. The molecule has 8 rings (SSSR count). The Labute approximate surface area is 345 Å². The number of nitrogens with zero attached hydrogens (tertiary/aromatic N) is 2. The molecule has 0 N–H and O–H groups in total. The van der Waals surface area contributed by atoms with Crippen molar-refractivity contribution < 1.29 is 24.5 Å². The van der Waals surface area contributed by atoms with Crippen LogP contribution in [0.4, 0.5) is 0 Å². The Morgan fingerprint density at radius 2 is 1.44 bits per heavy atom. The van der Waals surface area contributed by atoms with E-state index in [4.69, 9.17) is 14.4 Å². The molecule has 1 aliphatic carbocycles. The summed E-state index contributed by atoms with van der Waals surface area (Å²) in [6.45, 7) is 11.7. The molecule has 55 heavy (non-hydrogen) atoms. The molecule has 5 heteroatoms. The molecule has 1 aliphatic rings. The van der Waals surface area contributed by atoms with Gasteiger partial charge >= 0.3 is 132 Å². The third kappa shape index (κ3) is 9.42. The summed E-state index contributed by atoms with van der Waals surface area (Å²) in [5.74, 6) is 8.07. The number of benzene rings is 4. The van der Waals surface area contributed by atoms with Crippen LogP contribution in [0.3, 0.4) is 0 Å². The minimum atomic E-state index is -1.90. The van der Waals surface area contributed by atoms with E-state index in [1.54, 1.807) is 0 Å². The van der Waals surface area contributed by atoms with Crippen LogP contribution in [0.25, 0.3) is 55.6 Å². The van der Waals surface area contributed by atoms with Crippen molar-refractivity contribution in [3.63, 3.8) is 0 Å². The smallest absolute Gasteiger partial charge is 0.121 e. The number of furan rings is 1. The summed E-state index contributed by atoms with van der Waals surface area (Å²) in [6, 6.07) is 42.6. The summed E-state index contributed by atoms with van der Waals surface area (Å²) in [4.78, 5) is 9.43. The van der Waals surface area contributed by atoms with E-state index in [0.717, 1.165) is 62.4 Å². The zero-order valence-electron chi connectivity index (χ0n) is 33.7. The number of pyridine rings is 2. The molecule has 0 aliphatic heterocycles. The van der Waals surface area contributed by atoms with Crippen molar-refractivity contribution in [2.24, 2.45) is 11.3 Å². The molecule has 0 bridgehead atoms. The van der Waals surface area contributed by atoms with Crippen LogP contribution in [0.2, 0.25) is 17.3 Å². The Morgan fingerprint density at radius 3 is 2.13 bits per heavy atom. The zero-order chi connectivity index (χ0) is 38.1. The van der Waals surface area contributed by atoms with Crippen LogP contribution in [0, 0.1) is 23.5 Å². The molecule has 3 heterocycles. The van der Waals surface area contributed by atoms with Crippen LogP contribution in [0.15, 0.2) is 120 Å². The van der Waals surface area contributed by atoms with E-state index in [-0.39, 0.29) is 25.5 Å². The third-order valence-corrected chi connectivity index (χ3v) is 15.5. The largest absolute Gasteiger partial charge is 0.500 e.